The van der Waals surface area contributed by atoms with Crippen LogP contribution in [0.3, 0.4) is 0 Å². The zero-order valence-corrected chi connectivity index (χ0v) is 20.8. The van der Waals surface area contributed by atoms with Crippen molar-refractivity contribution in [3.8, 4) is 0 Å². The van der Waals surface area contributed by atoms with Gasteiger partial charge in [-0.2, -0.15) is 0 Å². The Hall–Kier alpha value is -1.70. The van der Waals surface area contributed by atoms with Crippen LogP contribution in [-0.4, -0.2) is 48.1 Å². The van der Waals surface area contributed by atoms with Gasteiger partial charge in [0.2, 0.25) is 0 Å². The molecular formula is C27H40N2O5. The number of fused-ring (bicyclic) bond motifs is 2. The summed E-state index contributed by atoms with van der Waals surface area (Å²) in [6, 6.07) is 0. The number of nitrogens with one attached hydrogen (secondary N) is 1. The van der Waals surface area contributed by atoms with Crippen LogP contribution >= 0.6 is 0 Å². The van der Waals surface area contributed by atoms with Crippen LogP contribution in [0.4, 0.5) is 0 Å². The summed E-state index contributed by atoms with van der Waals surface area (Å²) in [5.41, 5.74) is 5.37. The molecule has 4 fully saturated rings. The molecule has 3 aliphatic heterocycles. The number of ether oxygens (including phenoxy) is 3. The molecule has 5 aliphatic rings. The molecular weight excluding hydrogens is 432 g/mol. The molecule has 0 radical (unpaired) electrons. The monoisotopic (exact) mass is 472 g/mol. The highest BCUT2D eigenvalue weighted by molar-refractivity contribution is 5.88. The summed E-state index contributed by atoms with van der Waals surface area (Å²) in [6.45, 7) is 6.56. The van der Waals surface area contributed by atoms with E-state index in [1.54, 1.807) is 13.0 Å². The van der Waals surface area contributed by atoms with Crippen LogP contribution in [0.15, 0.2) is 23.8 Å². The summed E-state index contributed by atoms with van der Waals surface area (Å²) in [7, 11) is 0. The quantitative estimate of drug-likeness (QED) is 0.369. The highest BCUT2D eigenvalue weighted by atomic mass is 16.6. The summed E-state index contributed by atoms with van der Waals surface area (Å²) in [5.74, 6) is 0.910. The van der Waals surface area contributed by atoms with Crippen molar-refractivity contribution in [2.24, 2.45) is 29.4 Å². The molecule has 3 N–H and O–H groups in total. The van der Waals surface area contributed by atoms with Crippen molar-refractivity contribution in [2.45, 2.75) is 102 Å². The summed E-state index contributed by atoms with van der Waals surface area (Å²) < 4.78 is 19.2. The van der Waals surface area contributed by atoms with E-state index in [2.05, 4.69) is 24.4 Å². The zero-order chi connectivity index (χ0) is 24.1. The van der Waals surface area contributed by atoms with Gasteiger partial charge in [0.15, 0.2) is 0 Å². The number of nitrogens with two attached hydrogens (primary N) is 1. The molecule has 0 aromatic rings. The van der Waals surface area contributed by atoms with Gasteiger partial charge in [0.1, 0.15) is 17.3 Å². The minimum absolute atomic E-state index is 0.0146. The number of piperidine rings is 1. The maximum absolute atomic E-state index is 13.0. The molecule has 0 bridgehead atoms. The average molecular weight is 473 g/mol. The first-order valence-electron chi connectivity index (χ1n) is 13.1. The molecule has 9 atom stereocenters. The van der Waals surface area contributed by atoms with E-state index in [9.17, 15) is 9.59 Å². The van der Waals surface area contributed by atoms with Crippen LogP contribution in [0, 0.1) is 23.7 Å². The van der Waals surface area contributed by atoms with E-state index >= 15 is 0 Å². The van der Waals surface area contributed by atoms with Crippen LogP contribution in [0.25, 0.3) is 0 Å². The molecule has 1 spiro atoms. The van der Waals surface area contributed by atoms with E-state index in [0.717, 1.165) is 45.1 Å². The molecule has 7 heteroatoms. The van der Waals surface area contributed by atoms with Crippen LogP contribution in [-0.2, 0) is 23.8 Å². The predicted octanol–water partition coefficient (Wildman–Crippen LogP) is 3.37. The van der Waals surface area contributed by atoms with Crippen molar-refractivity contribution < 1.29 is 23.8 Å². The molecule has 0 amide bonds. The number of hydrogen-bond acceptors (Lipinski definition) is 7. The Morgan fingerprint density at radius 3 is 2.76 bits per heavy atom. The van der Waals surface area contributed by atoms with Gasteiger partial charge in [0.05, 0.1) is 12.3 Å². The van der Waals surface area contributed by atoms with E-state index in [0.29, 0.717) is 36.2 Å². The van der Waals surface area contributed by atoms with Crippen molar-refractivity contribution in [3.63, 3.8) is 0 Å². The van der Waals surface area contributed by atoms with Crippen molar-refractivity contribution in [2.75, 3.05) is 6.54 Å². The maximum atomic E-state index is 13.0. The van der Waals surface area contributed by atoms with Crippen molar-refractivity contribution >= 4 is 11.9 Å². The summed E-state index contributed by atoms with van der Waals surface area (Å²) in [4.78, 5) is 25.0. The van der Waals surface area contributed by atoms with E-state index < -0.39 is 11.2 Å². The minimum atomic E-state index is -0.771. The molecule has 7 nitrogen and oxygen atoms in total. The average Bonchev–Trinajstić information content (AvgIpc) is 3.19. The van der Waals surface area contributed by atoms with E-state index in [-0.39, 0.29) is 36.2 Å². The van der Waals surface area contributed by atoms with Gasteiger partial charge in [-0.1, -0.05) is 18.2 Å². The normalized spacial score (nSPS) is 46.5. The van der Waals surface area contributed by atoms with Gasteiger partial charge < -0.3 is 25.3 Å². The van der Waals surface area contributed by atoms with E-state index in [4.69, 9.17) is 19.9 Å². The van der Waals surface area contributed by atoms with Crippen LogP contribution in [0.1, 0.15) is 72.1 Å². The standard InChI is InChI=1S/C27H40N2O5/c1-4-16(2)25(31)34-26(3)11-5-6-20(18-7-9-23(28)29-15-18)27(26)14-19-12-17-8-10-24(30)32-21(17)13-22(19)33-27/h4-6,17-23,29H,7-15,28H2,1-3H3. The molecule has 2 aliphatic carbocycles. The number of hydrogen-bond donors (Lipinski definition) is 2. The lowest BCUT2D eigenvalue weighted by molar-refractivity contribution is -0.224. The fourth-order valence-electron chi connectivity index (χ4n) is 7.30. The van der Waals surface area contributed by atoms with Crippen LogP contribution < -0.4 is 11.1 Å². The highest BCUT2D eigenvalue weighted by Gasteiger charge is 2.65. The molecule has 1 saturated carbocycles. The Morgan fingerprint density at radius 1 is 1.21 bits per heavy atom. The Kier molecular flexibility index (Phi) is 6.40. The Balaban J connectivity index is 1.48. The Morgan fingerprint density at radius 2 is 2.03 bits per heavy atom. The smallest absolute Gasteiger partial charge is 0.334 e. The first-order valence-corrected chi connectivity index (χ1v) is 13.1. The molecule has 3 heterocycles. The van der Waals surface area contributed by atoms with Gasteiger partial charge in [0, 0.05) is 37.3 Å². The second-order valence-corrected chi connectivity index (χ2v) is 11.4. The Labute approximate surface area is 202 Å². The third kappa shape index (κ3) is 4.03. The third-order valence-corrected chi connectivity index (χ3v) is 9.41. The summed E-state index contributed by atoms with van der Waals surface area (Å²) in [6.07, 6.45) is 12.9. The van der Waals surface area contributed by atoms with Crippen LogP contribution in [0.5, 0.6) is 0 Å². The number of carbonyl (C=O) groups excluding carboxylic acids is 2. The first-order chi connectivity index (χ1) is 16.2. The number of rotatable bonds is 3. The van der Waals surface area contributed by atoms with Gasteiger partial charge in [0.25, 0.3) is 0 Å². The number of carbonyl (C=O) groups is 2. The van der Waals surface area contributed by atoms with E-state index in [1.165, 1.54) is 0 Å². The fraction of sp³-hybridized carbons (Fsp3) is 0.778. The number of esters is 2. The second kappa shape index (κ2) is 9.07. The topological polar surface area (TPSA) is 99.9 Å². The summed E-state index contributed by atoms with van der Waals surface area (Å²) in [5, 5.41) is 3.45. The molecule has 188 valence electrons. The second-order valence-electron chi connectivity index (χ2n) is 11.4. The molecule has 3 saturated heterocycles. The molecule has 34 heavy (non-hydrogen) atoms. The number of allylic oxidation sites excluding steroid dienone is 1. The van der Waals surface area contributed by atoms with Gasteiger partial charge in [-0.25, -0.2) is 4.79 Å². The predicted molar refractivity (Wildman–Crippen MR) is 127 cm³/mol. The largest absolute Gasteiger partial charge is 0.462 e. The Bertz CT molecular complexity index is 878. The van der Waals surface area contributed by atoms with Gasteiger partial charge in [-0.05, 0) is 70.6 Å². The fourth-order valence-corrected chi connectivity index (χ4v) is 7.30. The summed E-state index contributed by atoms with van der Waals surface area (Å²) >= 11 is 0. The van der Waals surface area contributed by atoms with Gasteiger partial charge in [-0.15, -0.1) is 0 Å². The molecule has 9 unspecified atom stereocenters. The zero-order valence-electron chi connectivity index (χ0n) is 20.8. The molecule has 5 rings (SSSR count). The highest BCUT2D eigenvalue weighted by Crippen LogP contribution is 2.58. The maximum Gasteiger partial charge on any atom is 0.334 e. The first kappa shape index (κ1) is 24.0. The lowest BCUT2D eigenvalue weighted by Gasteiger charge is -2.53. The lowest BCUT2D eigenvalue weighted by Crippen LogP contribution is -2.63. The van der Waals surface area contributed by atoms with Crippen molar-refractivity contribution in [3.05, 3.63) is 23.8 Å². The van der Waals surface area contributed by atoms with Crippen molar-refractivity contribution in [1.29, 1.82) is 0 Å². The van der Waals surface area contributed by atoms with Crippen molar-refractivity contribution in [1.82, 2.24) is 5.32 Å². The molecule has 0 aromatic carbocycles. The minimum Gasteiger partial charge on any atom is -0.462 e. The van der Waals surface area contributed by atoms with Gasteiger partial charge in [-0.3, -0.25) is 4.79 Å². The lowest BCUT2D eigenvalue weighted by atomic mass is 9.60. The van der Waals surface area contributed by atoms with E-state index in [1.807, 2.05) is 6.92 Å². The SMILES string of the molecule is CC=C(C)C(=O)OC1(C)CC=CC(C2CCC(N)NC2)C12CC1CC3CCC(=O)OC3CC1O2. The van der Waals surface area contributed by atoms with Gasteiger partial charge >= 0.3 is 11.9 Å². The molecule has 0 aromatic heterocycles. The third-order valence-electron chi connectivity index (χ3n) is 9.41. The van der Waals surface area contributed by atoms with Crippen LogP contribution in [0.2, 0.25) is 0 Å².